The van der Waals surface area contributed by atoms with Gasteiger partial charge in [-0.2, -0.15) is 0 Å². The van der Waals surface area contributed by atoms with E-state index in [1.54, 1.807) is 37.6 Å². The molecule has 1 unspecified atom stereocenters. The van der Waals surface area contributed by atoms with E-state index in [4.69, 9.17) is 26.1 Å². The number of pyridine rings is 1. The van der Waals surface area contributed by atoms with E-state index in [0.29, 0.717) is 22.4 Å². The van der Waals surface area contributed by atoms with Crippen molar-refractivity contribution in [2.24, 2.45) is 0 Å². The Morgan fingerprint density at radius 1 is 1.10 bits per heavy atom. The Balaban J connectivity index is 1.18. The van der Waals surface area contributed by atoms with E-state index in [1.807, 2.05) is 42.6 Å². The molecule has 1 saturated carbocycles. The monoisotopic (exact) mass is 707 g/mol. The molecule has 0 N–H and O–H groups in total. The predicted molar refractivity (Wildman–Crippen MR) is 194 cm³/mol. The molecule has 3 aromatic heterocycles. The number of halogens is 1. The van der Waals surface area contributed by atoms with Crippen LogP contribution in [0.4, 0.5) is 5.69 Å². The Bertz CT molecular complexity index is 1970. The highest BCUT2D eigenvalue weighted by Gasteiger charge is 2.45. The number of hydrogen-bond donors (Lipinski definition) is 0. The minimum absolute atomic E-state index is 0.208. The SMILES string of the molecule is COCOC1(c2ncc(C3=CCC(C)(S(=O)(=O)n4c(-c5ccc(N6CCC(N(C)C)CC6)cc5)cc5cccnc54)C=C3Cl)s2)CCC1. The highest BCUT2D eigenvalue weighted by Crippen LogP contribution is 2.48. The molecule has 7 rings (SSSR count). The Labute approximate surface area is 291 Å². The quantitative estimate of drug-likeness (QED) is 0.160. The van der Waals surface area contributed by atoms with Crippen molar-refractivity contribution in [1.82, 2.24) is 18.8 Å². The summed E-state index contributed by atoms with van der Waals surface area (Å²) < 4.78 is 40.9. The minimum atomic E-state index is -4.04. The molecule has 254 valence electrons. The maximum absolute atomic E-state index is 14.8. The van der Waals surface area contributed by atoms with Crippen molar-refractivity contribution in [1.29, 1.82) is 0 Å². The van der Waals surface area contributed by atoms with Crippen LogP contribution in [0.25, 0.3) is 27.9 Å². The Morgan fingerprint density at radius 2 is 1.85 bits per heavy atom. The van der Waals surface area contributed by atoms with Crippen LogP contribution in [0.1, 0.15) is 55.3 Å². The molecule has 2 aliphatic carbocycles. The number of anilines is 1. The number of rotatable bonds is 10. The normalized spacial score (nSPS) is 21.8. The average molecular weight is 708 g/mol. The number of nitrogens with zero attached hydrogens (tertiary/aromatic N) is 5. The van der Waals surface area contributed by atoms with Crippen LogP contribution >= 0.6 is 22.9 Å². The van der Waals surface area contributed by atoms with E-state index in [1.165, 1.54) is 3.97 Å². The molecule has 2 fully saturated rings. The zero-order valence-electron chi connectivity index (χ0n) is 27.9. The number of aromatic nitrogens is 3. The maximum Gasteiger partial charge on any atom is 0.250 e. The van der Waals surface area contributed by atoms with Crippen LogP contribution in [0, 0.1) is 0 Å². The van der Waals surface area contributed by atoms with E-state index in [2.05, 4.69) is 41.0 Å². The summed E-state index contributed by atoms with van der Waals surface area (Å²) in [7, 11) is 1.86. The molecule has 1 aliphatic heterocycles. The van der Waals surface area contributed by atoms with Crippen molar-refractivity contribution in [3.05, 3.63) is 81.9 Å². The van der Waals surface area contributed by atoms with E-state index in [0.717, 1.165) is 77.3 Å². The number of benzene rings is 1. The average Bonchev–Trinajstić information content (AvgIpc) is 3.71. The van der Waals surface area contributed by atoms with Gasteiger partial charge in [0.1, 0.15) is 22.1 Å². The van der Waals surface area contributed by atoms with Crippen LogP contribution in [0.3, 0.4) is 0 Å². The molecule has 4 heterocycles. The summed E-state index contributed by atoms with van der Waals surface area (Å²) in [6.45, 7) is 3.93. The first-order valence-corrected chi connectivity index (χ1v) is 19.1. The molecule has 12 heteroatoms. The summed E-state index contributed by atoms with van der Waals surface area (Å²) in [5, 5.41) is 2.04. The summed E-state index contributed by atoms with van der Waals surface area (Å²) in [5.41, 5.74) is 3.29. The molecule has 0 spiro atoms. The largest absolute Gasteiger partial charge is 0.371 e. The van der Waals surface area contributed by atoms with Gasteiger partial charge < -0.3 is 19.3 Å². The number of hydrogen-bond acceptors (Lipinski definition) is 9. The van der Waals surface area contributed by atoms with Gasteiger partial charge in [0.05, 0.1) is 10.6 Å². The lowest BCUT2D eigenvalue weighted by atomic mass is 9.80. The molecule has 0 radical (unpaired) electrons. The third-order valence-electron chi connectivity index (χ3n) is 10.2. The molecule has 3 aliphatic rings. The second-order valence-electron chi connectivity index (χ2n) is 13.5. The third kappa shape index (κ3) is 5.82. The number of ether oxygens (including phenoxy) is 2. The van der Waals surface area contributed by atoms with E-state index in [-0.39, 0.29) is 13.2 Å². The van der Waals surface area contributed by atoms with Gasteiger partial charge >= 0.3 is 0 Å². The van der Waals surface area contributed by atoms with Crippen LogP contribution in [0.15, 0.2) is 72.0 Å². The second kappa shape index (κ2) is 13.0. The lowest BCUT2D eigenvalue weighted by Crippen LogP contribution is -2.41. The standard InChI is InChI=1S/C36H42ClN5O4S2/c1-35(17-12-29(30(37)22-35)32-23-39-34(47-32)36(15-6-16-36)46-24-45-4)48(43,44)42-31(21-26-7-5-18-38-33(26)42)25-8-10-28(11-9-25)41-19-13-27(14-20-41)40(2)3/h5,7-12,18,21-23,27H,6,13-17,19-20,24H2,1-4H3. The smallest absolute Gasteiger partial charge is 0.250 e. The Hall–Kier alpha value is -3.06. The molecule has 1 saturated heterocycles. The molecule has 0 bridgehead atoms. The van der Waals surface area contributed by atoms with Gasteiger partial charge in [0.2, 0.25) is 10.0 Å². The highest BCUT2D eigenvalue weighted by atomic mass is 35.5. The Morgan fingerprint density at radius 3 is 2.50 bits per heavy atom. The van der Waals surface area contributed by atoms with Crippen molar-refractivity contribution in [3.8, 4) is 11.3 Å². The summed E-state index contributed by atoms with van der Waals surface area (Å²) in [4.78, 5) is 14.8. The minimum Gasteiger partial charge on any atom is -0.371 e. The van der Waals surface area contributed by atoms with Crippen molar-refractivity contribution in [2.75, 3.05) is 46.0 Å². The van der Waals surface area contributed by atoms with Gasteiger partial charge in [-0.3, -0.25) is 0 Å². The first kappa shape index (κ1) is 33.4. The maximum atomic E-state index is 14.8. The highest BCUT2D eigenvalue weighted by molar-refractivity contribution is 7.91. The number of fused-ring (bicyclic) bond motifs is 1. The van der Waals surface area contributed by atoms with Crippen LogP contribution in [-0.2, 0) is 25.1 Å². The third-order valence-corrected chi connectivity index (χ3v) is 14.1. The van der Waals surface area contributed by atoms with Crippen LogP contribution in [0.5, 0.6) is 0 Å². The first-order valence-electron chi connectivity index (χ1n) is 16.5. The number of allylic oxidation sites excluding steroid dienone is 3. The van der Waals surface area contributed by atoms with E-state index < -0.39 is 20.4 Å². The van der Waals surface area contributed by atoms with Crippen LogP contribution in [0.2, 0.25) is 0 Å². The first-order chi connectivity index (χ1) is 23.0. The molecular formula is C36H42ClN5O4S2. The van der Waals surface area contributed by atoms with Gasteiger partial charge in [-0.15, -0.1) is 11.3 Å². The van der Waals surface area contributed by atoms with Gasteiger partial charge in [-0.25, -0.2) is 22.4 Å². The van der Waals surface area contributed by atoms with Gasteiger partial charge in [0.25, 0.3) is 0 Å². The molecule has 1 atom stereocenters. The molecule has 9 nitrogen and oxygen atoms in total. The lowest BCUT2D eigenvalue weighted by molar-refractivity contribution is -0.171. The summed E-state index contributed by atoms with van der Waals surface area (Å²) in [5.74, 6) is 0. The van der Waals surface area contributed by atoms with Gasteiger partial charge in [-0.05, 0) is 102 Å². The second-order valence-corrected chi connectivity index (χ2v) is 17.2. The predicted octanol–water partition coefficient (Wildman–Crippen LogP) is 7.24. The molecule has 0 amide bonds. The van der Waals surface area contributed by atoms with Crippen LogP contribution in [-0.4, -0.2) is 79.1 Å². The van der Waals surface area contributed by atoms with Crippen LogP contribution < -0.4 is 4.90 Å². The summed E-state index contributed by atoms with van der Waals surface area (Å²) in [6, 6.07) is 14.5. The van der Waals surface area contributed by atoms with Gasteiger partial charge in [-0.1, -0.05) is 29.8 Å². The topological polar surface area (TPSA) is 89.8 Å². The zero-order valence-corrected chi connectivity index (χ0v) is 30.2. The summed E-state index contributed by atoms with van der Waals surface area (Å²) in [6.07, 6.45) is 12.4. The molecule has 1 aromatic carbocycles. The molecule has 4 aromatic rings. The Kier molecular flexibility index (Phi) is 9.06. The van der Waals surface area contributed by atoms with E-state index >= 15 is 0 Å². The van der Waals surface area contributed by atoms with Crippen molar-refractivity contribution in [3.63, 3.8) is 0 Å². The van der Waals surface area contributed by atoms with Crippen molar-refractivity contribution < 1.29 is 17.9 Å². The number of methoxy groups -OCH3 is 1. The lowest BCUT2D eigenvalue weighted by Gasteiger charge is -2.39. The van der Waals surface area contributed by atoms with Crippen molar-refractivity contribution >= 4 is 55.3 Å². The number of thiazole rings is 1. The fraction of sp³-hybridized carbons (Fsp3) is 0.444. The van der Waals surface area contributed by atoms with Gasteiger partial charge in [0.15, 0.2) is 5.65 Å². The van der Waals surface area contributed by atoms with Crippen molar-refractivity contribution in [2.45, 2.75) is 61.8 Å². The molecule has 48 heavy (non-hydrogen) atoms. The number of piperidine rings is 1. The van der Waals surface area contributed by atoms with E-state index in [9.17, 15) is 8.42 Å². The summed E-state index contributed by atoms with van der Waals surface area (Å²) >= 11 is 8.48. The zero-order chi connectivity index (χ0) is 33.7. The fourth-order valence-electron chi connectivity index (χ4n) is 7.05. The molecular weight excluding hydrogens is 666 g/mol. The fourth-order valence-corrected chi connectivity index (χ4v) is 10.5. The van der Waals surface area contributed by atoms with Gasteiger partial charge in [0, 0.05) is 60.3 Å².